The standard InChI is InChI=1S/C17H17N3O3S/c1-10-4-5-12(8-11(10)2)18-14(21)9-20-13-6-7-24-15(13)16(22)19(3)17(20)23/h4-8H,9H2,1-3H3,(H,18,21). The maximum Gasteiger partial charge on any atom is 0.331 e. The van der Waals surface area contributed by atoms with E-state index < -0.39 is 5.69 Å². The molecule has 124 valence electrons. The van der Waals surface area contributed by atoms with E-state index in [1.54, 1.807) is 11.4 Å². The van der Waals surface area contributed by atoms with Gasteiger partial charge >= 0.3 is 5.69 Å². The number of amides is 1. The summed E-state index contributed by atoms with van der Waals surface area (Å²) in [6.07, 6.45) is 0. The quantitative estimate of drug-likeness (QED) is 0.791. The van der Waals surface area contributed by atoms with Crippen molar-refractivity contribution in [2.75, 3.05) is 5.32 Å². The molecule has 0 saturated heterocycles. The van der Waals surface area contributed by atoms with Gasteiger partial charge in [-0.15, -0.1) is 11.3 Å². The number of carbonyl (C=O) groups is 1. The van der Waals surface area contributed by atoms with Crippen molar-refractivity contribution in [2.45, 2.75) is 20.4 Å². The average molecular weight is 343 g/mol. The third-order valence-corrected chi connectivity index (χ3v) is 4.94. The van der Waals surface area contributed by atoms with Gasteiger partial charge in [0.15, 0.2) is 0 Å². The average Bonchev–Trinajstić information content (AvgIpc) is 3.02. The number of carbonyl (C=O) groups excluding carboxylic acids is 1. The van der Waals surface area contributed by atoms with E-state index in [2.05, 4.69) is 5.32 Å². The summed E-state index contributed by atoms with van der Waals surface area (Å²) in [5.41, 5.74) is 2.55. The van der Waals surface area contributed by atoms with Crippen molar-refractivity contribution in [1.82, 2.24) is 9.13 Å². The lowest BCUT2D eigenvalue weighted by atomic mass is 10.1. The van der Waals surface area contributed by atoms with Crippen LogP contribution in [0, 0.1) is 13.8 Å². The molecular weight excluding hydrogens is 326 g/mol. The fourth-order valence-electron chi connectivity index (χ4n) is 2.51. The fraction of sp³-hybridized carbons (Fsp3) is 0.235. The predicted molar refractivity (Wildman–Crippen MR) is 95.9 cm³/mol. The highest BCUT2D eigenvalue weighted by molar-refractivity contribution is 7.17. The summed E-state index contributed by atoms with van der Waals surface area (Å²) in [6, 6.07) is 7.33. The Hall–Kier alpha value is -2.67. The minimum absolute atomic E-state index is 0.146. The smallest absolute Gasteiger partial charge is 0.325 e. The van der Waals surface area contributed by atoms with Crippen LogP contribution < -0.4 is 16.6 Å². The number of aryl methyl sites for hydroxylation is 2. The second-order valence-corrected chi connectivity index (χ2v) is 6.63. The van der Waals surface area contributed by atoms with Crippen molar-refractivity contribution in [3.05, 3.63) is 61.6 Å². The highest BCUT2D eigenvalue weighted by Gasteiger charge is 2.14. The van der Waals surface area contributed by atoms with E-state index >= 15 is 0 Å². The Morgan fingerprint density at radius 3 is 2.62 bits per heavy atom. The number of hydrogen-bond acceptors (Lipinski definition) is 4. The third kappa shape index (κ3) is 2.78. The van der Waals surface area contributed by atoms with Gasteiger partial charge in [0.1, 0.15) is 11.2 Å². The Labute approximate surface area is 142 Å². The number of hydrogen-bond donors (Lipinski definition) is 1. The number of fused-ring (bicyclic) bond motifs is 1. The molecule has 6 nitrogen and oxygen atoms in total. The van der Waals surface area contributed by atoms with E-state index in [-0.39, 0.29) is 18.0 Å². The minimum Gasteiger partial charge on any atom is -0.325 e. The highest BCUT2D eigenvalue weighted by atomic mass is 32.1. The molecule has 0 atom stereocenters. The first-order chi connectivity index (χ1) is 11.4. The van der Waals surface area contributed by atoms with Gasteiger partial charge in [-0.1, -0.05) is 6.07 Å². The Balaban J connectivity index is 1.94. The van der Waals surface area contributed by atoms with Gasteiger partial charge in [-0.05, 0) is 48.6 Å². The molecule has 1 aromatic carbocycles. The first kappa shape index (κ1) is 16.2. The van der Waals surface area contributed by atoms with Gasteiger partial charge in [0.05, 0.1) is 5.52 Å². The normalized spacial score (nSPS) is 11.0. The van der Waals surface area contributed by atoms with Crippen LogP contribution in [0.5, 0.6) is 0 Å². The molecule has 0 saturated carbocycles. The Morgan fingerprint density at radius 2 is 1.92 bits per heavy atom. The molecule has 0 unspecified atom stereocenters. The highest BCUT2D eigenvalue weighted by Crippen LogP contribution is 2.16. The zero-order valence-corrected chi connectivity index (χ0v) is 14.4. The number of rotatable bonds is 3. The van der Waals surface area contributed by atoms with Crippen LogP contribution in [0.2, 0.25) is 0 Å². The maximum atomic E-state index is 12.3. The summed E-state index contributed by atoms with van der Waals surface area (Å²) in [7, 11) is 1.42. The van der Waals surface area contributed by atoms with Gasteiger partial charge in [-0.2, -0.15) is 0 Å². The summed E-state index contributed by atoms with van der Waals surface area (Å²) in [5.74, 6) is -0.313. The van der Waals surface area contributed by atoms with Crippen LogP contribution in [0.15, 0.2) is 39.2 Å². The largest absolute Gasteiger partial charge is 0.331 e. The minimum atomic E-state index is -0.499. The SMILES string of the molecule is Cc1ccc(NC(=O)Cn2c(=O)n(C)c(=O)c3sccc32)cc1C. The van der Waals surface area contributed by atoms with Crippen LogP contribution in [0.3, 0.4) is 0 Å². The molecule has 2 heterocycles. The second-order valence-electron chi connectivity index (χ2n) is 5.72. The van der Waals surface area contributed by atoms with Crippen molar-refractivity contribution in [2.24, 2.45) is 7.05 Å². The van der Waals surface area contributed by atoms with Gasteiger partial charge in [0, 0.05) is 12.7 Å². The van der Waals surface area contributed by atoms with Crippen LogP contribution in [0.25, 0.3) is 10.2 Å². The zero-order valence-electron chi connectivity index (χ0n) is 13.6. The molecule has 0 aliphatic rings. The van der Waals surface area contributed by atoms with Crippen LogP contribution in [-0.4, -0.2) is 15.0 Å². The Morgan fingerprint density at radius 1 is 1.17 bits per heavy atom. The van der Waals surface area contributed by atoms with E-state index in [1.165, 1.54) is 23.0 Å². The fourth-order valence-corrected chi connectivity index (χ4v) is 3.38. The van der Waals surface area contributed by atoms with Crippen molar-refractivity contribution >= 4 is 33.1 Å². The van der Waals surface area contributed by atoms with Crippen molar-refractivity contribution in [1.29, 1.82) is 0 Å². The number of anilines is 1. The van der Waals surface area contributed by atoms with Crippen molar-refractivity contribution in [3.8, 4) is 0 Å². The molecule has 1 amide bonds. The lowest BCUT2D eigenvalue weighted by Gasteiger charge is -2.11. The number of thiophene rings is 1. The molecule has 0 aliphatic carbocycles. The maximum absolute atomic E-state index is 12.3. The van der Waals surface area contributed by atoms with Crippen LogP contribution >= 0.6 is 11.3 Å². The Bertz CT molecular complexity index is 1060. The van der Waals surface area contributed by atoms with Gasteiger partial charge in [-0.3, -0.25) is 18.7 Å². The molecule has 0 bridgehead atoms. The molecule has 1 N–H and O–H groups in total. The van der Waals surface area contributed by atoms with Gasteiger partial charge < -0.3 is 5.32 Å². The molecule has 0 radical (unpaired) electrons. The summed E-state index contributed by atoms with van der Waals surface area (Å²) < 4.78 is 2.82. The van der Waals surface area contributed by atoms with E-state index in [9.17, 15) is 14.4 Å². The van der Waals surface area contributed by atoms with Crippen molar-refractivity contribution < 1.29 is 4.79 Å². The number of aromatic nitrogens is 2. The van der Waals surface area contributed by atoms with E-state index in [0.717, 1.165) is 15.7 Å². The summed E-state index contributed by atoms with van der Waals surface area (Å²) in [4.78, 5) is 36.7. The molecule has 24 heavy (non-hydrogen) atoms. The molecule has 0 fully saturated rings. The second kappa shape index (κ2) is 6.09. The number of benzene rings is 1. The predicted octanol–water partition coefficient (Wildman–Crippen LogP) is 2.02. The first-order valence-electron chi connectivity index (χ1n) is 7.42. The lowest BCUT2D eigenvalue weighted by molar-refractivity contribution is -0.116. The molecule has 0 spiro atoms. The van der Waals surface area contributed by atoms with Crippen LogP contribution in [0.4, 0.5) is 5.69 Å². The molecule has 2 aromatic heterocycles. The monoisotopic (exact) mass is 343 g/mol. The summed E-state index contributed by atoms with van der Waals surface area (Å²) >= 11 is 1.26. The molecular formula is C17H17N3O3S. The van der Waals surface area contributed by atoms with Crippen LogP contribution in [0.1, 0.15) is 11.1 Å². The third-order valence-electron chi connectivity index (χ3n) is 4.04. The molecule has 7 heteroatoms. The van der Waals surface area contributed by atoms with E-state index in [1.807, 2.05) is 32.0 Å². The van der Waals surface area contributed by atoms with Gasteiger partial charge in [-0.25, -0.2) is 4.79 Å². The first-order valence-corrected chi connectivity index (χ1v) is 8.30. The number of nitrogens with zero attached hydrogens (tertiary/aromatic N) is 2. The molecule has 3 aromatic rings. The van der Waals surface area contributed by atoms with Crippen LogP contribution in [-0.2, 0) is 18.4 Å². The van der Waals surface area contributed by atoms with Gasteiger partial charge in [0.2, 0.25) is 5.91 Å². The summed E-state index contributed by atoms with van der Waals surface area (Å²) in [5, 5.41) is 4.53. The molecule has 3 rings (SSSR count). The van der Waals surface area contributed by atoms with E-state index in [0.29, 0.717) is 15.9 Å². The molecule has 0 aliphatic heterocycles. The zero-order chi connectivity index (χ0) is 17.4. The van der Waals surface area contributed by atoms with E-state index in [4.69, 9.17) is 0 Å². The number of nitrogens with one attached hydrogen (secondary N) is 1. The summed E-state index contributed by atoms with van der Waals surface area (Å²) in [6.45, 7) is 3.82. The van der Waals surface area contributed by atoms with Crippen molar-refractivity contribution in [3.63, 3.8) is 0 Å². The van der Waals surface area contributed by atoms with Gasteiger partial charge in [0.25, 0.3) is 5.56 Å². The Kier molecular flexibility index (Phi) is 4.11. The lowest BCUT2D eigenvalue weighted by Crippen LogP contribution is -2.39. The topological polar surface area (TPSA) is 73.1 Å².